The Kier molecular flexibility index (Phi) is 4.81. The van der Waals surface area contributed by atoms with Crippen LogP contribution in [-0.2, 0) is 20.7 Å². The Morgan fingerprint density at radius 2 is 2.10 bits per heavy atom. The molecule has 6 nitrogen and oxygen atoms in total. The number of aromatic amines is 1. The van der Waals surface area contributed by atoms with E-state index < -0.39 is 6.09 Å². The molecular weight excluding hydrogens is 272 g/mol. The highest BCUT2D eigenvalue weighted by atomic mass is 16.5. The second-order valence-corrected chi connectivity index (χ2v) is 4.70. The first-order chi connectivity index (χ1) is 10.1. The number of H-pyrrole nitrogens is 1. The van der Waals surface area contributed by atoms with Gasteiger partial charge in [-0.2, -0.15) is 0 Å². The first-order valence-electron chi connectivity index (χ1n) is 6.63. The summed E-state index contributed by atoms with van der Waals surface area (Å²) in [4.78, 5) is 25.5. The number of carbonyl (C=O) groups is 2. The van der Waals surface area contributed by atoms with Gasteiger partial charge in [-0.1, -0.05) is 18.2 Å². The third-order valence-electron chi connectivity index (χ3n) is 3.14. The number of carbonyl (C=O) groups excluding carboxylic acids is 2. The van der Waals surface area contributed by atoms with Crippen LogP contribution in [0.3, 0.4) is 0 Å². The summed E-state index contributed by atoms with van der Waals surface area (Å²) in [7, 11) is 1.30. The van der Waals surface area contributed by atoms with E-state index >= 15 is 0 Å². The number of methoxy groups -OCH3 is 1. The molecule has 0 saturated carbocycles. The quantitative estimate of drug-likeness (QED) is 0.825. The summed E-state index contributed by atoms with van der Waals surface area (Å²) in [5, 5.41) is 3.75. The van der Waals surface area contributed by atoms with E-state index in [2.05, 4.69) is 15.0 Å². The van der Waals surface area contributed by atoms with Gasteiger partial charge in [0.05, 0.1) is 13.2 Å². The van der Waals surface area contributed by atoms with Gasteiger partial charge >= 0.3 is 12.1 Å². The first-order valence-corrected chi connectivity index (χ1v) is 6.63. The van der Waals surface area contributed by atoms with Crippen LogP contribution < -0.4 is 5.32 Å². The van der Waals surface area contributed by atoms with Gasteiger partial charge in [0.25, 0.3) is 0 Å². The molecule has 1 aromatic carbocycles. The van der Waals surface area contributed by atoms with Crippen LogP contribution in [0.2, 0.25) is 0 Å². The van der Waals surface area contributed by atoms with E-state index in [4.69, 9.17) is 4.74 Å². The number of aromatic nitrogens is 1. The van der Waals surface area contributed by atoms with Crippen LogP contribution in [0.4, 0.5) is 4.79 Å². The highest BCUT2D eigenvalue weighted by molar-refractivity contribution is 5.83. The summed E-state index contributed by atoms with van der Waals surface area (Å²) in [6, 6.07) is 7.54. The Balaban J connectivity index is 2.12. The predicted molar refractivity (Wildman–Crippen MR) is 78.0 cm³/mol. The van der Waals surface area contributed by atoms with Crippen molar-refractivity contribution < 1.29 is 19.1 Å². The zero-order valence-corrected chi connectivity index (χ0v) is 12.0. The van der Waals surface area contributed by atoms with Crippen molar-refractivity contribution in [2.24, 2.45) is 0 Å². The van der Waals surface area contributed by atoms with E-state index in [1.54, 1.807) is 0 Å². The van der Waals surface area contributed by atoms with E-state index in [-0.39, 0.29) is 18.6 Å². The molecule has 0 saturated heterocycles. The fourth-order valence-electron chi connectivity index (χ4n) is 2.16. The zero-order chi connectivity index (χ0) is 15.2. The van der Waals surface area contributed by atoms with Gasteiger partial charge in [0.2, 0.25) is 0 Å². The molecule has 1 atom stereocenters. The lowest BCUT2D eigenvalue weighted by Gasteiger charge is -2.17. The summed E-state index contributed by atoms with van der Waals surface area (Å²) in [5.74, 6) is -0.384. The largest absolute Gasteiger partial charge is 0.464 e. The zero-order valence-electron chi connectivity index (χ0n) is 12.0. The standard InChI is InChI=1S/C15H18N2O4/c1-10(18)21-9-12(17-15(19)20-2)7-11-8-16-14-6-4-3-5-13(11)14/h3-6,8,12,16H,7,9H2,1-2H3,(H,17,19)/t12-/m0/s1. The lowest BCUT2D eigenvalue weighted by Crippen LogP contribution is -2.40. The summed E-state index contributed by atoms with van der Waals surface area (Å²) >= 11 is 0. The van der Waals surface area contributed by atoms with E-state index in [0.717, 1.165) is 16.5 Å². The maximum Gasteiger partial charge on any atom is 0.407 e. The molecule has 0 aliphatic rings. The minimum Gasteiger partial charge on any atom is -0.464 e. The molecule has 0 unspecified atom stereocenters. The number of fused-ring (bicyclic) bond motifs is 1. The van der Waals surface area contributed by atoms with Crippen LogP contribution in [0.5, 0.6) is 0 Å². The topological polar surface area (TPSA) is 80.4 Å². The van der Waals surface area contributed by atoms with Gasteiger partial charge in [0, 0.05) is 24.0 Å². The van der Waals surface area contributed by atoms with Crippen molar-refractivity contribution in [3.63, 3.8) is 0 Å². The van der Waals surface area contributed by atoms with E-state index in [9.17, 15) is 9.59 Å². The van der Waals surface area contributed by atoms with Gasteiger partial charge in [-0.05, 0) is 18.1 Å². The number of nitrogens with one attached hydrogen (secondary N) is 2. The molecule has 0 aliphatic carbocycles. The molecule has 0 aliphatic heterocycles. The first kappa shape index (κ1) is 14.9. The van der Waals surface area contributed by atoms with E-state index in [1.807, 2.05) is 30.5 Å². The van der Waals surface area contributed by atoms with Crippen LogP contribution in [0.25, 0.3) is 10.9 Å². The van der Waals surface area contributed by atoms with E-state index in [1.165, 1.54) is 14.0 Å². The van der Waals surface area contributed by atoms with Crippen LogP contribution in [-0.4, -0.2) is 36.8 Å². The average molecular weight is 290 g/mol. The Morgan fingerprint density at radius 1 is 1.33 bits per heavy atom. The van der Waals surface area contributed by atoms with Crippen molar-refractivity contribution in [3.05, 3.63) is 36.0 Å². The number of rotatable bonds is 5. The van der Waals surface area contributed by atoms with Crippen LogP contribution in [0.1, 0.15) is 12.5 Å². The second-order valence-electron chi connectivity index (χ2n) is 4.70. The SMILES string of the molecule is COC(=O)N[C@H](COC(C)=O)Cc1c[nH]c2ccccc12. The Labute approximate surface area is 122 Å². The molecule has 112 valence electrons. The lowest BCUT2D eigenvalue weighted by molar-refractivity contribution is -0.141. The number of para-hydroxylation sites is 1. The van der Waals surface area contributed by atoms with Gasteiger partial charge in [-0.25, -0.2) is 4.79 Å². The maximum absolute atomic E-state index is 11.4. The number of hydrogen-bond donors (Lipinski definition) is 2. The Hall–Kier alpha value is -2.50. The highest BCUT2D eigenvalue weighted by Crippen LogP contribution is 2.19. The van der Waals surface area contributed by atoms with Gasteiger partial charge in [-0.15, -0.1) is 0 Å². The molecule has 21 heavy (non-hydrogen) atoms. The highest BCUT2D eigenvalue weighted by Gasteiger charge is 2.16. The van der Waals surface area contributed by atoms with Crippen molar-refractivity contribution >= 4 is 23.0 Å². The predicted octanol–water partition coefficient (Wildman–Crippen LogP) is 2.00. The monoisotopic (exact) mass is 290 g/mol. The van der Waals surface area contributed by atoms with Crippen molar-refractivity contribution in [3.8, 4) is 0 Å². The Morgan fingerprint density at radius 3 is 2.81 bits per heavy atom. The fourth-order valence-corrected chi connectivity index (χ4v) is 2.16. The minimum absolute atomic E-state index is 0.101. The van der Waals surface area contributed by atoms with Gasteiger partial charge < -0.3 is 19.8 Å². The van der Waals surface area contributed by atoms with Crippen molar-refractivity contribution in [2.45, 2.75) is 19.4 Å². The third-order valence-corrected chi connectivity index (χ3v) is 3.14. The molecule has 0 spiro atoms. The lowest BCUT2D eigenvalue weighted by atomic mass is 10.1. The second kappa shape index (κ2) is 6.78. The molecular formula is C15H18N2O4. The van der Waals surface area contributed by atoms with Gasteiger partial charge in [0.1, 0.15) is 6.61 Å². The molecule has 0 fully saturated rings. The van der Waals surface area contributed by atoms with Gasteiger partial charge in [0.15, 0.2) is 0 Å². The maximum atomic E-state index is 11.4. The summed E-state index contributed by atoms with van der Waals surface area (Å²) in [5.41, 5.74) is 2.07. The number of amides is 1. The molecule has 2 N–H and O–H groups in total. The molecule has 6 heteroatoms. The van der Waals surface area contributed by atoms with Crippen molar-refractivity contribution in [1.29, 1.82) is 0 Å². The molecule has 1 heterocycles. The molecule has 2 aromatic rings. The Bertz CT molecular complexity index is 635. The molecule has 0 bridgehead atoms. The molecule has 1 aromatic heterocycles. The number of ether oxygens (including phenoxy) is 2. The van der Waals surface area contributed by atoms with Crippen molar-refractivity contribution in [1.82, 2.24) is 10.3 Å². The minimum atomic E-state index is -0.549. The smallest absolute Gasteiger partial charge is 0.407 e. The molecule has 1 amide bonds. The van der Waals surface area contributed by atoms with Crippen LogP contribution >= 0.6 is 0 Å². The van der Waals surface area contributed by atoms with Crippen LogP contribution in [0.15, 0.2) is 30.5 Å². The number of esters is 1. The summed E-state index contributed by atoms with van der Waals surface area (Å²) in [6.45, 7) is 1.44. The molecule has 2 rings (SSSR count). The number of alkyl carbamates (subject to hydrolysis) is 1. The number of benzene rings is 1. The normalized spacial score (nSPS) is 11.9. The van der Waals surface area contributed by atoms with Crippen LogP contribution in [0, 0.1) is 0 Å². The summed E-state index contributed by atoms with van der Waals surface area (Å²) < 4.78 is 9.59. The van der Waals surface area contributed by atoms with Gasteiger partial charge in [-0.3, -0.25) is 4.79 Å². The average Bonchev–Trinajstić information content (AvgIpc) is 2.88. The fraction of sp³-hybridized carbons (Fsp3) is 0.333. The van der Waals surface area contributed by atoms with Crippen molar-refractivity contribution in [2.75, 3.05) is 13.7 Å². The third kappa shape index (κ3) is 3.98. The van der Waals surface area contributed by atoms with E-state index in [0.29, 0.717) is 6.42 Å². The number of hydrogen-bond acceptors (Lipinski definition) is 4. The molecule has 0 radical (unpaired) electrons. The summed E-state index contributed by atoms with van der Waals surface area (Å²) in [6.07, 6.45) is 1.88.